The Morgan fingerprint density at radius 2 is 1.84 bits per heavy atom. The third kappa shape index (κ3) is 4.97. The summed E-state index contributed by atoms with van der Waals surface area (Å²) in [5, 5.41) is 16.6. The van der Waals surface area contributed by atoms with Gasteiger partial charge in [-0.3, -0.25) is 14.9 Å². The van der Waals surface area contributed by atoms with E-state index in [1.165, 1.54) is 12.1 Å². The maximum absolute atomic E-state index is 13.6. The Morgan fingerprint density at radius 3 is 2.47 bits per heavy atom. The first-order valence-electron chi connectivity index (χ1n) is 12.2. The van der Waals surface area contributed by atoms with Crippen molar-refractivity contribution in [3.63, 3.8) is 0 Å². The third-order valence-corrected chi connectivity index (χ3v) is 7.99. The average Bonchev–Trinajstić information content (AvgIpc) is 3.46. The van der Waals surface area contributed by atoms with E-state index in [0.717, 1.165) is 16.1 Å². The van der Waals surface area contributed by atoms with Crippen molar-refractivity contribution in [2.24, 2.45) is 0 Å². The SMILES string of the molecule is COc1ccc(COC(=O)C2=C(C)NC3=C(C(=O)C[C@@H](c4cccs4)C3)[C@@H]2c2ccc([N+](=O)[O-])cc2)cc1. The molecule has 1 aliphatic carbocycles. The lowest BCUT2D eigenvalue weighted by atomic mass is 9.72. The van der Waals surface area contributed by atoms with Crippen LogP contribution in [0.15, 0.2) is 88.6 Å². The predicted molar refractivity (Wildman–Crippen MR) is 143 cm³/mol. The minimum atomic E-state index is -0.688. The molecule has 0 spiro atoms. The maximum Gasteiger partial charge on any atom is 0.337 e. The molecule has 0 saturated heterocycles. The first kappa shape index (κ1) is 25.4. The molecular weight excluding hydrogens is 504 g/mol. The number of carbonyl (C=O) groups is 2. The number of nitrogens with zero attached hydrogens (tertiary/aromatic N) is 1. The highest BCUT2D eigenvalue weighted by Gasteiger charge is 2.41. The van der Waals surface area contributed by atoms with Gasteiger partial charge in [0.1, 0.15) is 12.4 Å². The molecule has 3 aromatic rings. The lowest BCUT2D eigenvalue weighted by molar-refractivity contribution is -0.384. The summed E-state index contributed by atoms with van der Waals surface area (Å²) in [5.41, 5.74) is 3.60. The molecule has 1 N–H and O–H groups in total. The zero-order chi connectivity index (χ0) is 26.8. The number of nitrogens with one attached hydrogen (secondary N) is 1. The molecule has 38 heavy (non-hydrogen) atoms. The first-order valence-corrected chi connectivity index (χ1v) is 13.1. The van der Waals surface area contributed by atoms with Crippen LogP contribution in [0.1, 0.15) is 47.6 Å². The van der Waals surface area contributed by atoms with Crippen molar-refractivity contribution in [1.29, 1.82) is 0 Å². The van der Waals surface area contributed by atoms with E-state index in [1.54, 1.807) is 49.6 Å². The highest BCUT2D eigenvalue weighted by molar-refractivity contribution is 7.10. The number of ether oxygens (including phenoxy) is 2. The number of ketones is 1. The molecule has 0 unspecified atom stereocenters. The molecule has 194 valence electrons. The van der Waals surface area contributed by atoms with Crippen LogP contribution >= 0.6 is 11.3 Å². The summed E-state index contributed by atoms with van der Waals surface area (Å²) in [6, 6.07) is 17.2. The van der Waals surface area contributed by atoms with Gasteiger partial charge in [0.15, 0.2) is 5.78 Å². The number of benzene rings is 2. The van der Waals surface area contributed by atoms with Gasteiger partial charge in [0.05, 0.1) is 17.6 Å². The van der Waals surface area contributed by atoms with E-state index in [1.807, 2.05) is 29.6 Å². The number of nitro benzene ring substituents is 1. The highest BCUT2D eigenvalue weighted by atomic mass is 32.1. The Balaban J connectivity index is 1.49. The van der Waals surface area contributed by atoms with Gasteiger partial charge in [-0.15, -0.1) is 11.3 Å². The smallest absolute Gasteiger partial charge is 0.337 e. The average molecular weight is 531 g/mol. The van der Waals surface area contributed by atoms with E-state index in [-0.39, 0.29) is 24.0 Å². The number of Topliss-reactive ketones (excluding diaryl/α,β-unsaturated/α-hetero) is 1. The minimum Gasteiger partial charge on any atom is -0.497 e. The first-order chi connectivity index (χ1) is 18.4. The lowest BCUT2D eigenvalue weighted by Gasteiger charge is -2.36. The fourth-order valence-electron chi connectivity index (χ4n) is 5.10. The second kappa shape index (κ2) is 10.6. The Bertz CT molecular complexity index is 1440. The van der Waals surface area contributed by atoms with E-state index in [4.69, 9.17) is 9.47 Å². The van der Waals surface area contributed by atoms with Crippen LogP contribution in [0.25, 0.3) is 0 Å². The van der Waals surface area contributed by atoms with Crippen LogP contribution < -0.4 is 10.1 Å². The lowest BCUT2D eigenvalue weighted by Crippen LogP contribution is -2.36. The number of thiophene rings is 1. The van der Waals surface area contributed by atoms with Gasteiger partial charge in [-0.2, -0.15) is 0 Å². The van der Waals surface area contributed by atoms with Gasteiger partial charge >= 0.3 is 5.97 Å². The molecule has 2 heterocycles. The van der Waals surface area contributed by atoms with E-state index >= 15 is 0 Å². The number of nitro groups is 1. The van der Waals surface area contributed by atoms with Gasteiger partial charge in [-0.25, -0.2) is 4.79 Å². The Labute approximate surface area is 223 Å². The number of methoxy groups -OCH3 is 1. The van der Waals surface area contributed by atoms with Crippen molar-refractivity contribution in [3.8, 4) is 5.75 Å². The maximum atomic E-state index is 13.6. The van der Waals surface area contributed by atoms with Crippen molar-refractivity contribution in [2.75, 3.05) is 7.11 Å². The molecule has 0 radical (unpaired) electrons. The Kier molecular flexibility index (Phi) is 7.11. The molecule has 2 aliphatic rings. The van der Waals surface area contributed by atoms with Crippen molar-refractivity contribution >= 4 is 28.8 Å². The molecule has 0 saturated carbocycles. The largest absolute Gasteiger partial charge is 0.497 e. The second-order valence-electron chi connectivity index (χ2n) is 9.31. The quantitative estimate of drug-likeness (QED) is 0.235. The Morgan fingerprint density at radius 1 is 1.11 bits per heavy atom. The standard InChI is InChI=1S/C29H26N2O6S/c1-17-26(29(33)37-16-18-5-11-22(36-2)12-6-18)27(19-7-9-21(10-8-19)31(34)35)28-23(30-17)14-20(15-24(28)32)25-4-3-13-38-25/h3-13,20,27,30H,14-16H2,1-2H3/t20-,27+/m0/s1. The Hall–Kier alpha value is -4.24. The molecule has 9 heteroatoms. The van der Waals surface area contributed by atoms with Crippen molar-refractivity contribution in [2.45, 2.75) is 38.2 Å². The summed E-state index contributed by atoms with van der Waals surface area (Å²) in [7, 11) is 1.58. The summed E-state index contributed by atoms with van der Waals surface area (Å²) >= 11 is 1.62. The molecule has 0 bridgehead atoms. The molecule has 8 nitrogen and oxygen atoms in total. The fraction of sp³-hybridized carbons (Fsp3) is 0.241. The topological polar surface area (TPSA) is 108 Å². The molecule has 5 rings (SSSR count). The van der Waals surface area contributed by atoms with E-state index in [9.17, 15) is 19.7 Å². The zero-order valence-corrected chi connectivity index (χ0v) is 21.7. The number of carbonyl (C=O) groups excluding carboxylic acids is 2. The van der Waals surface area contributed by atoms with Crippen LogP contribution in [0, 0.1) is 10.1 Å². The van der Waals surface area contributed by atoms with Gasteiger partial charge in [0.25, 0.3) is 5.69 Å². The van der Waals surface area contributed by atoms with Crippen LogP contribution in [0.4, 0.5) is 5.69 Å². The fourth-order valence-corrected chi connectivity index (χ4v) is 5.94. The van der Waals surface area contributed by atoms with Crippen LogP contribution in [0.5, 0.6) is 5.75 Å². The normalized spacial score (nSPS) is 19.1. The molecule has 2 atom stereocenters. The summed E-state index contributed by atoms with van der Waals surface area (Å²) in [5.74, 6) is -0.526. The van der Waals surface area contributed by atoms with Gasteiger partial charge < -0.3 is 14.8 Å². The molecule has 0 amide bonds. The monoisotopic (exact) mass is 530 g/mol. The van der Waals surface area contributed by atoms with Gasteiger partial charge in [0.2, 0.25) is 0 Å². The van der Waals surface area contributed by atoms with Crippen LogP contribution in [0.2, 0.25) is 0 Å². The van der Waals surface area contributed by atoms with E-state index in [2.05, 4.69) is 5.32 Å². The highest BCUT2D eigenvalue weighted by Crippen LogP contribution is 2.46. The van der Waals surface area contributed by atoms with E-state index in [0.29, 0.717) is 41.0 Å². The number of hydrogen-bond donors (Lipinski definition) is 1. The molecular formula is C29H26N2O6S. The van der Waals surface area contributed by atoms with Gasteiger partial charge in [-0.1, -0.05) is 30.3 Å². The number of hydrogen-bond acceptors (Lipinski definition) is 8. The minimum absolute atomic E-state index is 0.0477. The van der Waals surface area contributed by atoms with Crippen molar-refractivity contribution in [1.82, 2.24) is 5.32 Å². The molecule has 0 fully saturated rings. The third-order valence-electron chi connectivity index (χ3n) is 6.96. The van der Waals surface area contributed by atoms with Crippen LogP contribution in [-0.2, 0) is 20.9 Å². The number of non-ortho nitro benzene ring substituents is 1. The molecule has 1 aliphatic heterocycles. The van der Waals surface area contributed by atoms with Crippen LogP contribution in [-0.4, -0.2) is 23.8 Å². The van der Waals surface area contributed by atoms with Gasteiger partial charge in [0, 0.05) is 52.2 Å². The van der Waals surface area contributed by atoms with E-state index < -0.39 is 16.8 Å². The van der Waals surface area contributed by atoms with Gasteiger partial charge in [-0.05, 0) is 48.1 Å². The summed E-state index contributed by atoms with van der Waals surface area (Å²) in [6.07, 6.45) is 0.967. The summed E-state index contributed by atoms with van der Waals surface area (Å²) in [4.78, 5) is 39.0. The van der Waals surface area contributed by atoms with Crippen LogP contribution in [0.3, 0.4) is 0 Å². The number of esters is 1. The summed E-state index contributed by atoms with van der Waals surface area (Å²) < 4.78 is 10.9. The van der Waals surface area contributed by atoms with Crippen molar-refractivity contribution < 1.29 is 24.0 Å². The van der Waals surface area contributed by atoms with Crippen molar-refractivity contribution in [3.05, 3.63) is 115 Å². The predicted octanol–water partition coefficient (Wildman–Crippen LogP) is 5.77. The molecule has 2 aromatic carbocycles. The number of allylic oxidation sites excluding steroid dienone is 3. The number of rotatable bonds is 7. The zero-order valence-electron chi connectivity index (χ0n) is 20.9. The molecule has 1 aromatic heterocycles. The summed E-state index contributed by atoms with van der Waals surface area (Å²) in [6.45, 7) is 1.85. The number of dihydropyridines is 1. The second-order valence-corrected chi connectivity index (χ2v) is 10.3.